The van der Waals surface area contributed by atoms with Crippen molar-refractivity contribution in [1.29, 1.82) is 0 Å². The first kappa shape index (κ1) is 16.6. The Kier molecular flexibility index (Phi) is 4.78. The predicted octanol–water partition coefficient (Wildman–Crippen LogP) is 3.39. The monoisotopic (exact) mass is 336 g/mol. The van der Waals surface area contributed by atoms with Crippen LogP contribution in [0.3, 0.4) is 0 Å². The largest absolute Gasteiger partial charge is 0.493 e. The van der Waals surface area contributed by atoms with E-state index in [2.05, 4.69) is 71.4 Å². The van der Waals surface area contributed by atoms with E-state index in [1.165, 1.54) is 11.1 Å². The van der Waals surface area contributed by atoms with Gasteiger partial charge < -0.3 is 9.64 Å². The summed E-state index contributed by atoms with van der Waals surface area (Å²) in [5, 5.41) is 0. The highest BCUT2D eigenvalue weighted by atomic mass is 16.5. The number of para-hydroxylation sites is 1. The first-order valence-corrected chi connectivity index (χ1v) is 9.47. The minimum Gasteiger partial charge on any atom is -0.493 e. The molecule has 0 aliphatic carbocycles. The molecule has 25 heavy (non-hydrogen) atoms. The van der Waals surface area contributed by atoms with Crippen LogP contribution in [0.25, 0.3) is 0 Å². The number of rotatable bonds is 3. The molecular formula is C22H28N2O. The Balaban J connectivity index is 1.77. The molecule has 0 bridgehead atoms. The number of nitrogens with zero attached hydrogens (tertiary/aromatic N) is 2. The van der Waals surface area contributed by atoms with E-state index in [1.54, 1.807) is 0 Å². The molecule has 0 aromatic heterocycles. The summed E-state index contributed by atoms with van der Waals surface area (Å²) in [7, 11) is 2.22. The average molecular weight is 336 g/mol. The fourth-order valence-corrected chi connectivity index (χ4v) is 4.38. The van der Waals surface area contributed by atoms with E-state index < -0.39 is 0 Å². The summed E-state index contributed by atoms with van der Waals surface area (Å²) in [5.41, 5.74) is 2.80. The second-order valence-electron chi connectivity index (χ2n) is 7.48. The van der Waals surface area contributed by atoms with Crippen LogP contribution in [0.5, 0.6) is 5.75 Å². The fourth-order valence-electron chi connectivity index (χ4n) is 4.38. The number of piperazine rings is 1. The lowest BCUT2D eigenvalue weighted by atomic mass is 9.70. The number of fused-ring (bicyclic) bond motifs is 1. The lowest BCUT2D eigenvalue weighted by molar-refractivity contribution is 0.131. The molecule has 0 radical (unpaired) electrons. The lowest BCUT2D eigenvalue weighted by Gasteiger charge is -2.42. The van der Waals surface area contributed by atoms with Crippen LogP contribution >= 0.6 is 0 Å². The summed E-state index contributed by atoms with van der Waals surface area (Å²) in [6.07, 6.45) is 2.23. The van der Waals surface area contributed by atoms with Crippen molar-refractivity contribution >= 4 is 0 Å². The van der Waals surface area contributed by atoms with E-state index in [0.29, 0.717) is 0 Å². The van der Waals surface area contributed by atoms with Crippen molar-refractivity contribution in [2.75, 3.05) is 46.4 Å². The van der Waals surface area contributed by atoms with E-state index in [4.69, 9.17) is 4.74 Å². The maximum absolute atomic E-state index is 6.10. The van der Waals surface area contributed by atoms with Crippen molar-refractivity contribution in [3.63, 3.8) is 0 Å². The summed E-state index contributed by atoms with van der Waals surface area (Å²) in [6, 6.07) is 19.8. The molecule has 2 aromatic rings. The molecule has 2 aliphatic rings. The van der Waals surface area contributed by atoms with Crippen molar-refractivity contribution in [3.8, 4) is 5.75 Å². The second kappa shape index (κ2) is 7.19. The van der Waals surface area contributed by atoms with E-state index in [1.807, 2.05) is 0 Å². The molecule has 2 aliphatic heterocycles. The van der Waals surface area contributed by atoms with Crippen LogP contribution < -0.4 is 4.74 Å². The number of hydrogen-bond acceptors (Lipinski definition) is 3. The number of hydrogen-bond donors (Lipinski definition) is 0. The molecule has 1 fully saturated rings. The van der Waals surface area contributed by atoms with Gasteiger partial charge in [0, 0.05) is 43.7 Å². The molecule has 0 saturated carbocycles. The van der Waals surface area contributed by atoms with Crippen LogP contribution in [-0.4, -0.2) is 56.2 Å². The zero-order valence-corrected chi connectivity index (χ0v) is 15.2. The molecule has 4 rings (SSSR count). The van der Waals surface area contributed by atoms with Gasteiger partial charge in [-0.2, -0.15) is 0 Å². The lowest BCUT2D eigenvalue weighted by Crippen LogP contribution is -2.50. The second-order valence-corrected chi connectivity index (χ2v) is 7.48. The standard InChI is InChI=1S/C22H28N2O/c1-23-13-15-24(16-14-23)18-22(19-8-3-2-4-9-19)12-7-17-25-21-11-6-5-10-20(21)22/h2-6,8-11H,7,12-18H2,1H3. The molecule has 1 atom stereocenters. The number of benzene rings is 2. The van der Waals surface area contributed by atoms with Gasteiger partial charge in [-0.1, -0.05) is 48.5 Å². The van der Waals surface area contributed by atoms with Crippen molar-refractivity contribution in [1.82, 2.24) is 9.80 Å². The van der Waals surface area contributed by atoms with Crippen LogP contribution in [0.4, 0.5) is 0 Å². The highest BCUT2D eigenvalue weighted by Crippen LogP contribution is 2.44. The van der Waals surface area contributed by atoms with Gasteiger partial charge in [0.1, 0.15) is 5.75 Å². The van der Waals surface area contributed by atoms with Gasteiger partial charge >= 0.3 is 0 Å². The van der Waals surface area contributed by atoms with Crippen molar-refractivity contribution < 1.29 is 4.74 Å². The van der Waals surface area contributed by atoms with Gasteiger partial charge in [-0.05, 0) is 31.5 Å². The van der Waals surface area contributed by atoms with Crippen LogP contribution in [0.2, 0.25) is 0 Å². The maximum atomic E-state index is 6.10. The summed E-state index contributed by atoms with van der Waals surface area (Å²) < 4.78 is 6.10. The normalized spacial score (nSPS) is 25.0. The first-order valence-electron chi connectivity index (χ1n) is 9.47. The molecular weight excluding hydrogens is 308 g/mol. The fraction of sp³-hybridized carbons (Fsp3) is 0.455. The highest BCUT2D eigenvalue weighted by Gasteiger charge is 2.39. The summed E-state index contributed by atoms with van der Waals surface area (Å²) >= 11 is 0. The predicted molar refractivity (Wildman–Crippen MR) is 102 cm³/mol. The summed E-state index contributed by atoms with van der Waals surface area (Å²) in [5.74, 6) is 1.07. The number of ether oxygens (including phenoxy) is 1. The SMILES string of the molecule is CN1CCN(CC2(c3ccccc3)CCCOc3ccccc32)CC1. The van der Waals surface area contributed by atoms with Crippen LogP contribution in [0.1, 0.15) is 24.0 Å². The maximum Gasteiger partial charge on any atom is 0.123 e. The van der Waals surface area contributed by atoms with E-state index in [-0.39, 0.29) is 5.41 Å². The van der Waals surface area contributed by atoms with Crippen molar-refractivity contribution in [3.05, 3.63) is 65.7 Å². The Bertz CT molecular complexity index is 694. The van der Waals surface area contributed by atoms with E-state index in [9.17, 15) is 0 Å². The molecule has 1 unspecified atom stereocenters. The zero-order chi connectivity index (χ0) is 17.1. The molecule has 0 spiro atoms. The third-order valence-electron chi connectivity index (χ3n) is 5.82. The minimum absolute atomic E-state index is 0.0181. The Labute approximate surface area is 151 Å². The van der Waals surface area contributed by atoms with Gasteiger partial charge in [-0.15, -0.1) is 0 Å². The third kappa shape index (κ3) is 3.31. The molecule has 3 nitrogen and oxygen atoms in total. The summed E-state index contributed by atoms with van der Waals surface area (Å²) in [4.78, 5) is 5.07. The topological polar surface area (TPSA) is 15.7 Å². The zero-order valence-electron chi connectivity index (χ0n) is 15.2. The summed E-state index contributed by atoms with van der Waals surface area (Å²) in [6.45, 7) is 6.49. The van der Waals surface area contributed by atoms with Gasteiger partial charge in [0.15, 0.2) is 0 Å². The van der Waals surface area contributed by atoms with E-state index in [0.717, 1.165) is 57.9 Å². The molecule has 2 aromatic carbocycles. The molecule has 132 valence electrons. The van der Waals surface area contributed by atoms with Gasteiger partial charge in [0.2, 0.25) is 0 Å². The van der Waals surface area contributed by atoms with Crippen LogP contribution in [-0.2, 0) is 5.41 Å². The minimum atomic E-state index is 0.0181. The molecule has 0 N–H and O–H groups in total. The van der Waals surface area contributed by atoms with Gasteiger partial charge in [-0.25, -0.2) is 0 Å². The quantitative estimate of drug-likeness (QED) is 0.854. The Morgan fingerprint density at radius 2 is 1.64 bits per heavy atom. The third-order valence-corrected chi connectivity index (χ3v) is 5.82. The van der Waals surface area contributed by atoms with Gasteiger partial charge in [0.25, 0.3) is 0 Å². The van der Waals surface area contributed by atoms with Gasteiger partial charge in [0.05, 0.1) is 6.61 Å². The Morgan fingerprint density at radius 1 is 0.920 bits per heavy atom. The van der Waals surface area contributed by atoms with E-state index >= 15 is 0 Å². The van der Waals surface area contributed by atoms with Gasteiger partial charge in [-0.3, -0.25) is 4.90 Å². The average Bonchev–Trinajstić information content (AvgIpc) is 2.85. The smallest absolute Gasteiger partial charge is 0.123 e. The number of likely N-dealkylation sites (N-methyl/N-ethyl adjacent to an activating group) is 1. The molecule has 1 saturated heterocycles. The Morgan fingerprint density at radius 3 is 2.44 bits per heavy atom. The highest BCUT2D eigenvalue weighted by molar-refractivity contribution is 5.48. The molecule has 0 amide bonds. The van der Waals surface area contributed by atoms with Crippen LogP contribution in [0.15, 0.2) is 54.6 Å². The molecule has 2 heterocycles. The van der Waals surface area contributed by atoms with Crippen molar-refractivity contribution in [2.24, 2.45) is 0 Å². The first-order chi connectivity index (χ1) is 12.3. The Hall–Kier alpha value is -1.84. The van der Waals surface area contributed by atoms with Crippen LogP contribution in [0, 0.1) is 0 Å². The van der Waals surface area contributed by atoms with Crippen molar-refractivity contribution in [2.45, 2.75) is 18.3 Å². The molecule has 3 heteroatoms.